The molecule has 1 fully saturated rings. The van der Waals surface area contributed by atoms with E-state index in [4.69, 9.17) is 21.1 Å². The molecule has 0 amide bonds. The van der Waals surface area contributed by atoms with Crippen molar-refractivity contribution in [1.82, 2.24) is 5.32 Å². The van der Waals surface area contributed by atoms with Crippen molar-refractivity contribution < 1.29 is 18.7 Å². The van der Waals surface area contributed by atoms with Gasteiger partial charge >= 0.3 is 6.16 Å². The van der Waals surface area contributed by atoms with Crippen LogP contribution >= 0.6 is 24.0 Å². The van der Waals surface area contributed by atoms with Gasteiger partial charge in [-0.1, -0.05) is 41.9 Å². The van der Waals surface area contributed by atoms with Gasteiger partial charge in [0.05, 0.1) is 0 Å². The molecular weight excluding hydrogens is 416 g/mol. The third-order valence-electron chi connectivity index (χ3n) is 5.24. The fourth-order valence-electron chi connectivity index (χ4n) is 3.78. The molecule has 154 valence electrons. The van der Waals surface area contributed by atoms with E-state index in [1.165, 1.54) is 23.3 Å². The van der Waals surface area contributed by atoms with Gasteiger partial charge in [-0.15, -0.1) is 12.4 Å². The van der Waals surface area contributed by atoms with Crippen molar-refractivity contribution >= 4 is 35.7 Å². The number of nitrogens with one attached hydrogen (secondary N) is 1. The summed E-state index contributed by atoms with van der Waals surface area (Å²) in [4.78, 5) is 11.7. The van der Waals surface area contributed by atoms with E-state index in [1.807, 2.05) is 24.3 Å². The lowest BCUT2D eigenvalue weighted by atomic mass is 9.91. The Kier molecular flexibility index (Phi) is 7.17. The monoisotopic (exact) mass is 437 g/mol. The lowest BCUT2D eigenvalue weighted by Crippen LogP contribution is -2.34. The maximum absolute atomic E-state index is 13.2. The van der Waals surface area contributed by atoms with Crippen LogP contribution in [-0.2, 0) is 9.47 Å². The minimum atomic E-state index is -0.669. The molecule has 7 heteroatoms. The number of benzene rings is 2. The van der Waals surface area contributed by atoms with E-state index in [2.05, 4.69) is 11.4 Å². The molecule has 0 saturated carbocycles. The summed E-state index contributed by atoms with van der Waals surface area (Å²) in [6.07, 6.45) is 3.05. The number of ether oxygens (including phenoxy) is 2. The summed E-state index contributed by atoms with van der Waals surface area (Å²) in [5.74, 6) is -0.321. The Labute approximate surface area is 180 Å². The minimum absolute atomic E-state index is 0. The van der Waals surface area contributed by atoms with E-state index in [-0.39, 0.29) is 30.4 Å². The van der Waals surface area contributed by atoms with Gasteiger partial charge in [0.2, 0.25) is 0 Å². The van der Waals surface area contributed by atoms with Crippen molar-refractivity contribution in [2.45, 2.75) is 37.5 Å². The molecule has 3 atom stereocenters. The average Bonchev–Trinajstić information content (AvgIpc) is 3.08. The van der Waals surface area contributed by atoms with Gasteiger partial charge in [-0.05, 0) is 60.2 Å². The molecule has 0 spiro atoms. The molecule has 0 radical (unpaired) electrons. The molecular formula is C22H22Cl2FNO3. The Morgan fingerprint density at radius 3 is 2.48 bits per heavy atom. The van der Waals surface area contributed by atoms with Crippen molar-refractivity contribution in [3.05, 3.63) is 76.6 Å². The quantitative estimate of drug-likeness (QED) is 0.609. The Morgan fingerprint density at radius 1 is 1.03 bits per heavy atom. The van der Waals surface area contributed by atoms with Gasteiger partial charge in [-0.2, -0.15) is 0 Å². The summed E-state index contributed by atoms with van der Waals surface area (Å²) in [6, 6.07) is 14.2. The Morgan fingerprint density at radius 2 is 1.76 bits per heavy atom. The molecule has 2 aromatic carbocycles. The molecule has 2 heterocycles. The zero-order valence-corrected chi connectivity index (χ0v) is 17.2. The molecule has 0 aromatic heterocycles. The minimum Gasteiger partial charge on any atom is -0.427 e. The highest BCUT2D eigenvalue weighted by atomic mass is 35.5. The molecule has 3 unspecified atom stereocenters. The van der Waals surface area contributed by atoms with Crippen LogP contribution in [0.2, 0.25) is 5.02 Å². The van der Waals surface area contributed by atoms with Crippen LogP contribution in [-0.4, -0.2) is 24.8 Å². The van der Waals surface area contributed by atoms with E-state index in [0.717, 1.165) is 30.0 Å². The molecule has 29 heavy (non-hydrogen) atoms. The molecule has 4 nitrogen and oxygen atoms in total. The van der Waals surface area contributed by atoms with Gasteiger partial charge < -0.3 is 14.8 Å². The molecule has 2 aromatic rings. The first kappa shape index (κ1) is 21.6. The van der Waals surface area contributed by atoms with Crippen molar-refractivity contribution in [2.24, 2.45) is 0 Å². The number of carbonyl (C=O) groups excluding carboxylic acids is 1. The smallest absolute Gasteiger partial charge is 0.427 e. The third kappa shape index (κ3) is 5.30. The summed E-state index contributed by atoms with van der Waals surface area (Å²) in [6.45, 7) is 0.797. The third-order valence-corrected chi connectivity index (χ3v) is 5.49. The van der Waals surface area contributed by atoms with Crippen LogP contribution in [0.5, 0.6) is 0 Å². The van der Waals surface area contributed by atoms with Crippen LogP contribution in [0.4, 0.5) is 9.18 Å². The standard InChI is InChI=1S/C22H21ClFNO3.ClH/c23-17-5-1-14(2-6-17)16-11-12-25-19(13-16)9-10-20-21(28-22(26)27-20)15-3-7-18(24)8-4-15;/h1-8,11,19-21,25H,9-10,12-13H2;1H. The fraction of sp³-hybridized carbons (Fsp3) is 0.318. The Hall–Kier alpha value is -2.08. The van der Waals surface area contributed by atoms with Crippen LogP contribution in [0.1, 0.15) is 36.5 Å². The summed E-state index contributed by atoms with van der Waals surface area (Å²) in [5.41, 5.74) is 3.21. The second kappa shape index (κ2) is 9.61. The lowest BCUT2D eigenvalue weighted by molar-refractivity contribution is 0.114. The number of hydrogen-bond acceptors (Lipinski definition) is 4. The summed E-state index contributed by atoms with van der Waals surface area (Å²) >= 11 is 5.98. The maximum Gasteiger partial charge on any atom is 0.509 e. The van der Waals surface area contributed by atoms with Crippen molar-refractivity contribution in [3.63, 3.8) is 0 Å². The number of carbonyl (C=O) groups is 1. The highest BCUT2D eigenvalue weighted by Gasteiger charge is 2.38. The highest BCUT2D eigenvalue weighted by molar-refractivity contribution is 6.30. The van der Waals surface area contributed by atoms with Crippen LogP contribution in [0.15, 0.2) is 54.6 Å². The normalized spacial score (nSPS) is 23.6. The van der Waals surface area contributed by atoms with Crippen LogP contribution in [0, 0.1) is 5.82 Å². The van der Waals surface area contributed by atoms with E-state index in [0.29, 0.717) is 6.42 Å². The van der Waals surface area contributed by atoms with Gasteiger partial charge in [-0.3, -0.25) is 0 Å². The second-order valence-electron chi connectivity index (χ2n) is 7.12. The van der Waals surface area contributed by atoms with Crippen LogP contribution in [0.25, 0.3) is 5.57 Å². The van der Waals surface area contributed by atoms with Crippen LogP contribution in [0.3, 0.4) is 0 Å². The molecule has 4 rings (SSSR count). The first-order valence-electron chi connectivity index (χ1n) is 9.39. The zero-order chi connectivity index (χ0) is 19.5. The van der Waals surface area contributed by atoms with E-state index in [1.54, 1.807) is 12.1 Å². The van der Waals surface area contributed by atoms with E-state index in [9.17, 15) is 9.18 Å². The fourth-order valence-corrected chi connectivity index (χ4v) is 3.90. The molecule has 0 bridgehead atoms. The molecule has 2 aliphatic rings. The van der Waals surface area contributed by atoms with Crippen molar-refractivity contribution in [1.29, 1.82) is 0 Å². The first-order chi connectivity index (χ1) is 13.6. The number of cyclic esters (lactones) is 2. The Balaban J connectivity index is 0.00000240. The molecule has 0 aliphatic carbocycles. The lowest BCUT2D eigenvalue weighted by Gasteiger charge is -2.26. The SMILES string of the molecule is Cl.O=C1OC(CCC2CC(c3ccc(Cl)cc3)=CCN2)C(c2ccc(F)cc2)O1. The van der Waals surface area contributed by atoms with E-state index >= 15 is 0 Å². The summed E-state index contributed by atoms with van der Waals surface area (Å²) < 4.78 is 23.9. The largest absolute Gasteiger partial charge is 0.509 e. The summed E-state index contributed by atoms with van der Waals surface area (Å²) in [7, 11) is 0. The first-order valence-corrected chi connectivity index (χ1v) is 9.77. The van der Waals surface area contributed by atoms with Crippen molar-refractivity contribution in [3.8, 4) is 0 Å². The second-order valence-corrected chi connectivity index (χ2v) is 7.56. The van der Waals surface area contributed by atoms with Gasteiger partial charge in [0.25, 0.3) is 0 Å². The number of rotatable bonds is 5. The average molecular weight is 438 g/mol. The predicted molar refractivity (Wildman–Crippen MR) is 113 cm³/mol. The van der Waals surface area contributed by atoms with Crippen molar-refractivity contribution in [2.75, 3.05) is 6.54 Å². The Bertz CT molecular complexity index is 871. The zero-order valence-electron chi connectivity index (χ0n) is 15.6. The van der Waals surface area contributed by atoms with Gasteiger partial charge in [0.15, 0.2) is 6.10 Å². The van der Waals surface area contributed by atoms with Gasteiger partial charge in [-0.25, -0.2) is 9.18 Å². The topological polar surface area (TPSA) is 47.6 Å². The molecule has 2 aliphatic heterocycles. The van der Waals surface area contributed by atoms with E-state index < -0.39 is 12.3 Å². The number of halogens is 3. The summed E-state index contributed by atoms with van der Waals surface area (Å²) in [5, 5.41) is 4.22. The highest BCUT2D eigenvalue weighted by Crippen LogP contribution is 2.34. The molecule has 1 N–H and O–H groups in total. The predicted octanol–water partition coefficient (Wildman–Crippen LogP) is 5.70. The van der Waals surface area contributed by atoms with Crippen LogP contribution < -0.4 is 5.32 Å². The maximum atomic E-state index is 13.2. The number of hydrogen-bond donors (Lipinski definition) is 1. The van der Waals surface area contributed by atoms with Gasteiger partial charge in [0, 0.05) is 17.6 Å². The van der Waals surface area contributed by atoms with Gasteiger partial charge in [0.1, 0.15) is 11.9 Å². The molecule has 1 saturated heterocycles.